The lowest BCUT2D eigenvalue weighted by molar-refractivity contribution is -0.186. The van der Waals surface area contributed by atoms with Crippen LogP contribution in [-0.4, -0.2) is 104 Å². The van der Waals surface area contributed by atoms with Gasteiger partial charge in [-0.1, -0.05) is 66.7 Å². The Labute approximate surface area is 431 Å². The summed E-state index contributed by atoms with van der Waals surface area (Å²) in [5, 5.41) is 15.8. The lowest BCUT2D eigenvalue weighted by Crippen LogP contribution is -2.70. The Morgan fingerprint density at radius 3 is 2.16 bits per heavy atom. The maximum Gasteiger partial charge on any atom is 0.514 e. The molecule has 0 aromatic heterocycles. The number of likely N-dealkylation sites (N-methyl/N-ethyl adjacent to an activating group) is 1. The third-order valence-corrected chi connectivity index (χ3v) is 16.5. The third-order valence-electron chi connectivity index (χ3n) is 15.0. The Hall–Kier alpha value is -7.03. The normalized spacial score (nSPS) is 24.3. The first kappa shape index (κ1) is 49.2. The number of hydrogen-bond donors (Lipinski definition) is 2. The standard InChI is InChI=1S/C55H55N3O15S/c1-28-19-34-20-36-51(60)58-37-25-66-52(61)55(35-22-38(64-5)39(21-33(35)17-18-56-55)72-53(62)67-23-31-13-9-7-10-14-31)26-74-50(42-41(37)48-47(69-27-70-48)29(2)46(42)71-30(3)59)44(58)43(57(36)4)40(34)49(45(28)65-6)73-54(63)68-24-32-15-11-8-12-16-32/h7-16,19,21-22,36-37,43-44,50-51,56,60H,17-18,20,23-27H2,1-6H3/t36-,37-,43+,44?,50+,51-,55+/m0/s1. The molecule has 2 N–H and O–H groups in total. The van der Waals surface area contributed by atoms with Crippen LogP contribution in [0.1, 0.15) is 79.9 Å². The largest absolute Gasteiger partial charge is 0.514 e. The number of ether oxygens (including phenoxy) is 10. The molecule has 7 heterocycles. The van der Waals surface area contributed by atoms with Crippen LogP contribution in [0.5, 0.6) is 40.2 Å². The van der Waals surface area contributed by atoms with Crippen LogP contribution in [0.2, 0.25) is 0 Å². The fraction of sp³-hybridized carbons (Fsp3) is 0.382. The molecule has 18 nitrogen and oxygen atoms in total. The highest BCUT2D eigenvalue weighted by atomic mass is 32.2. The molecule has 1 unspecified atom stereocenters. The Kier molecular flexibility index (Phi) is 13.1. The second-order valence-corrected chi connectivity index (χ2v) is 20.3. The summed E-state index contributed by atoms with van der Waals surface area (Å²) >= 11 is 1.41. The molecule has 7 aliphatic rings. The number of nitrogens with zero attached hydrogens (tertiary/aromatic N) is 2. The van der Waals surface area contributed by atoms with E-state index in [4.69, 9.17) is 47.4 Å². The number of aliphatic hydroxyl groups is 1. The summed E-state index contributed by atoms with van der Waals surface area (Å²) in [6.45, 7) is 4.90. The van der Waals surface area contributed by atoms with Crippen molar-refractivity contribution in [3.63, 3.8) is 0 Å². The van der Waals surface area contributed by atoms with Gasteiger partial charge >= 0.3 is 24.2 Å². The highest BCUT2D eigenvalue weighted by Gasteiger charge is 2.62. The summed E-state index contributed by atoms with van der Waals surface area (Å²) in [6, 6.07) is 21.1. The lowest BCUT2D eigenvalue weighted by Gasteiger charge is -2.62. The molecule has 1 spiro atoms. The smallest absolute Gasteiger partial charge is 0.493 e. The van der Waals surface area contributed by atoms with Crippen LogP contribution >= 0.6 is 11.8 Å². The van der Waals surface area contributed by atoms with Gasteiger partial charge in [-0.2, -0.15) is 0 Å². The van der Waals surface area contributed by atoms with E-state index in [0.29, 0.717) is 75.6 Å². The van der Waals surface area contributed by atoms with Crippen molar-refractivity contribution < 1.29 is 71.7 Å². The SMILES string of the molecule is COc1cc2c(cc1OC(=O)OCc1ccccc1)CCN[C@]21CS[C@@H]2c3c(OC(C)=O)c(C)c4c(c3[C@H](COC1=O)N1C2[C@H]2c3c(cc(C)c(OC)c3OC(=O)OCc3ccccc3)C[C@@H]([C@@H]1O)N2C)OCO4. The predicted molar refractivity (Wildman–Crippen MR) is 266 cm³/mol. The number of aryl methyl sites for hydroxylation is 1. The number of fused-ring (bicyclic) bond motifs is 9. The Morgan fingerprint density at radius 1 is 0.797 bits per heavy atom. The Bertz CT molecular complexity index is 3070. The maximum absolute atomic E-state index is 15.3. The van der Waals surface area contributed by atoms with Gasteiger partial charge in [0.05, 0.1) is 37.6 Å². The molecule has 2 saturated heterocycles. The van der Waals surface area contributed by atoms with Crippen LogP contribution in [0.4, 0.5) is 9.59 Å². The predicted octanol–water partition coefficient (Wildman–Crippen LogP) is 7.43. The number of esters is 2. The van der Waals surface area contributed by atoms with Crippen molar-refractivity contribution in [3.05, 3.63) is 134 Å². The van der Waals surface area contributed by atoms with Gasteiger partial charge in [0.2, 0.25) is 6.79 Å². The monoisotopic (exact) mass is 1030 g/mol. The molecule has 0 aliphatic carbocycles. The van der Waals surface area contributed by atoms with Crippen molar-refractivity contribution in [2.75, 3.05) is 47.0 Å². The zero-order valence-electron chi connectivity index (χ0n) is 41.6. The Morgan fingerprint density at radius 2 is 1.49 bits per heavy atom. The topological polar surface area (TPSA) is 199 Å². The van der Waals surface area contributed by atoms with E-state index >= 15 is 4.79 Å². The molecule has 0 saturated carbocycles. The molecule has 0 amide bonds. The highest BCUT2D eigenvalue weighted by molar-refractivity contribution is 7.99. The van der Waals surface area contributed by atoms with Crippen molar-refractivity contribution in [1.82, 2.24) is 15.1 Å². The number of hydrogen-bond acceptors (Lipinski definition) is 19. The van der Waals surface area contributed by atoms with Crippen molar-refractivity contribution >= 4 is 36.0 Å². The zero-order chi connectivity index (χ0) is 51.6. The van der Waals surface area contributed by atoms with E-state index in [1.54, 1.807) is 19.1 Å². The van der Waals surface area contributed by atoms with Crippen LogP contribution in [0.3, 0.4) is 0 Å². The minimum Gasteiger partial charge on any atom is -0.493 e. The second kappa shape index (κ2) is 19.7. The van der Waals surface area contributed by atoms with Gasteiger partial charge in [-0.15, -0.1) is 11.8 Å². The van der Waals surface area contributed by atoms with Gasteiger partial charge < -0.3 is 52.5 Å². The van der Waals surface area contributed by atoms with Crippen molar-refractivity contribution in [3.8, 4) is 40.2 Å². The maximum atomic E-state index is 15.3. The second-order valence-electron chi connectivity index (χ2n) is 19.1. The average molecular weight is 1030 g/mol. The van der Waals surface area contributed by atoms with Crippen LogP contribution < -0.4 is 38.5 Å². The Balaban J connectivity index is 1.05. The van der Waals surface area contributed by atoms with Gasteiger partial charge in [0.25, 0.3) is 0 Å². The summed E-state index contributed by atoms with van der Waals surface area (Å²) in [5.41, 5.74) is 5.18. The summed E-state index contributed by atoms with van der Waals surface area (Å²) in [5.74, 6) is 0.704. The van der Waals surface area contributed by atoms with E-state index < -0.39 is 65.4 Å². The number of piperazine rings is 1. The van der Waals surface area contributed by atoms with Gasteiger partial charge in [0, 0.05) is 47.5 Å². The van der Waals surface area contributed by atoms with Crippen LogP contribution in [0.25, 0.3) is 0 Å². The number of carbonyl (C=O) groups excluding carboxylic acids is 4. The number of carbonyl (C=O) groups is 4. The molecule has 386 valence electrons. The van der Waals surface area contributed by atoms with E-state index in [0.717, 1.165) is 16.7 Å². The molecule has 0 radical (unpaired) electrons. The number of benzene rings is 5. The molecule has 2 fully saturated rings. The molecule has 7 aliphatic heterocycles. The fourth-order valence-electron chi connectivity index (χ4n) is 11.8. The molecular weight excluding hydrogens is 975 g/mol. The minimum atomic E-state index is -1.52. The number of thioether (sulfide) groups is 1. The lowest BCUT2D eigenvalue weighted by atomic mass is 9.73. The van der Waals surface area contributed by atoms with Gasteiger partial charge in [0.15, 0.2) is 40.0 Å². The molecule has 12 rings (SSSR count). The fourth-order valence-corrected chi connectivity index (χ4v) is 13.5. The number of nitrogens with one attached hydrogen (secondary N) is 1. The van der Waals surface area contributed by atoms with Crippen molar-refractivity contribution in [1.29, 1.82) is 0 Å². The van der Waals surface area contributed by atoms with Gasteiger partial charge in [-0.3, -0.25) is 19.9 Å². The van der Waals surface area contributed by atoms with Gasteiger partial charge in [-0.25, -0.2) is 14.4 Å². The summed E-state index contributed by atoms with van der Waals surface area (Å²) in [6.07, 6.45) is -2.23. The first-order valence-electron chi connectivity index (χ1n) is 24.4. The average Bonchev–Trinajstić information content (AvgIpc) is 3.90. The summed E-state index contributed by atoms with van der Waals surface area (Å²) in [4.78, 5) is 59.6. The van der Waals surface area contributed by atoms with Crippen LogP contribution in [0, 0.1) is 13.8 Å². The minimum absolute atomic E-state index is 0.00385. The molecule has 19 heteroatoms. The summed E-state index contributed by atoms with van der Waals surface area (Å²) in [7, 11) is 4.89. The van der Waals surface area contributed by atoms with E-state index in [9.17, 15) is 19.5 Å². The molecule has 74 heavy (non-hydrogen) atoms. The number of aliphatic hydroxyl groups excluding tert-OH is 1. The third kappa shape index (κ3) is 8.30. The molecule has 4 bridgehead atoms. The first-order valence-corrected chi connectivity index (χ1v) is 25.4. The van der Waals surface area contributed by atoms with E-state index in [1.807, 2.05) is 85.6 Å². The van der Waals surface area contributed by atoms with E-state index in [-0.39, 0.29) is 55.4 Å². The highest BCUT2D eigenvalue weighted by Crippen LogP contribution is 2.64. The van der Waals surface area contributed by atoms with Gasteiger partial charge in [-0.05, 0) is 79.3 Å². The quantitative estimate of drug-likeness (QED) is 0.0639. The zero-order valence-corrected chi connectivity index (χ0v) is 42.4. The van der Waals surface area contributed by atoms with E-state index in [2.05, 4.69) is 10.2 Å². The number of methoxy groups -OCH3 is 2. The van der Waals surface area contributed by atoms with Crippen molar-refractivity contribution in [2.24, 2.45) is 0 Å². The molecular formula is C55H55N3O15S. The summed E-state index contributed by atoms with van der Waals surface area (Å²) < 4.78 is 60.3. The van der Waals surface area contributed by atoms with Crippen molar-refractivity contribution in [2.45, 2.75) is 88.0 Å². The number of rotatable bonds is 9. The molecule has 5 aromatic rings. The first-order chi connectivity index (χ1) is 35.8. The van der Waals surface area contributed by atoms with Gasteiger partial charge in [0.1, 0.15) is 31.8 Å². The van der Waals surface area contributed by atoms with Crippen LogP contribution in [-0.2, 0) is 55.4 Å². The van der Waals surface area contributed by atoms with Crippen LogP contribution in [0.15, 0.2) is 78.9 Å². The van der Waals surface area contributed by atoms with E-state index in [1.165, 1.54) is 32.9 Å². The molecule has 7 atom stereocenters. The molecule has 5 aromatic carbocycles.